The lowest BCUT2D eigenvalue weighted by Gasteiger charge is -2.21. The van der Waals surface area contributed by atoms with Gasteiger partial charge in [-0.05, 0) is 19.3 Å². The molecule has 0 saturated heterocycles. The monoisotopic (exact) mass is 242 g/mol. The van der Waals surface area contributed by atoms with E-state index in [1.807, 2.05) is 6.08 Å². The highest BCUT2D eigenvalue weighted by Crippen LogP contribution is 2.10. The molecule has 0 aromatic heterocycles. The first-order valence-electron chi connectivity index (χ1n) is 5.69. The van der Waals surface area contributed by atoms with Gasteiger partial charge in [0.1, 0.15) is 6.04 Å². The molecule has 6 nitrogen and oxygen atoms in total. The Hall–Kier alpha value is -1.56. The Balaban J connectivity index is 2.36. The molecule has 0 aliphatic heterocycles. The number of allylic oxidation sites excluding steroid dienone is 1. The van der Waals surface area contributed by atoms with Crippen molar-refractivity contribution in [2.75, 3.05) is 6.61 Å². The van der Waals surface area contributed by atoms with Crippen molar-refractivity contribution < 1.29 is 19.8 Å². The van der Waals surface area contributed by atoms with Crippen LogP contribution in [0.2, 0.25) is 0 Å². The number of carboxylic acids is 1. The Morgan fingerprint density at radius 1 is 1.41 bits per heavy atom. The number of urea groups is 1. The predicted molar refractivity (Wildman–Crippen MR) is 61.6 cm³/mol. The highest BCUT2D eigenvalue weighted by molar-refractivity contribution is 5.82. The third-order valence-electron chi connectivity index (χ3n) is 2.63. The van der Waals surface area contributed by atoms with Gasteiger partial charge in [-0.2, -0.15) is 0 Å². The largest absolute Gasteiger partial charge is 0.480 e. The van der Waals surface area contributed by atoms with Crippen LogP contribution in [0.25, 0.3) is 0 Å². The van der Waals surface area contributed by atoms with Crippen LogP contribution in [-0.4, -0.2) is 40.9 Å². The maximum Gasteiger partial charge on any atom is 0.326 e. The minimum Gasteiger partial charge on any atom is -0.480 e. The topological polar surface area (TPSA) is 98.7 Å². The molecule has 6 heteroatoms. The number of amides is 2. The third-order valence-corrected chi connectivity index (χ3v) is 2.63. The van der Waals surface area contributed by atoms with E-state index < -0.39 is 18.0 Å². The molecule has 1 aliphatic rings. The van der Waals surface area contributed by atoms with Gasteiger partial charge >= 0.3 is 12.0 Å². The number of aliphatic carboxylic acids is 1. The van der Waals surface area contributed by atoms with Gasteiger partial charge in [-0.25, -0.2) is 9.59 Å². The Morgan fingerprint density at radius 3 is 2.71 bits per heavy atom. The predicted octanol–water partition coefficient (Wildman–Crippen LogP) is 0.230. The summed E-state index contributed by atoms with van der Waals surface area (Å²) >= 11 is 0. The van der Waals surface area contributed by atoms with Crippen LogP contribution in [0.15, 0.2) is 12.2 Å². The second-order valence-corrected chi connectivity index (χ2v) is 4.00. The Kier molecular flexibility index (Phi) is 5.48. The summed E-state index contributed by atoms with van der Waals surface area (Å²) in [6, 6.07) is -1.48. The van der Waals surface area contributed by atoms with E-state index in [0.717, 1.165) is 19.3 Å². The minimum atomic E-state index is -1.14. The Labute approximate surface area is 99.7 Å². The molecule has 0 radical (unpaired) electrons. The van der Waals surface area contributed by atoms with E-state index in [1.54, 1.807) is 0 Å². The van der Waals surface area contributed by atoms with E-state index in [2.05, 4.69) is 16.7 Å². The molecule has 17 heavy (non-hydrogen) atoms. The summed E-state index contributed by atoms with van der Waals surface area (Å²) in [7, 11) is 0. The highest BCUT2D eigenvalue weighted by atomic mass is 16.4. The van der Waals surface area contributed by atoms with Gasteiger partial charge in [0.25, 0.3) is 0 Å². The third kappa shape index (κ3) is 4.86. The number of carbonyl (C=O) groups excluding carboxylic acids is 1. The summed E-state index contributed by atoms with van der Waals surface area (Å²) in [5.74, 6) is -1.14. The lowest BCUT2D eigenvalue weighted by atomic mass is 10.0. The van der Waals surface area contributed by atoms with E-state index in [1.165, 1.54) is 0 Å². The second-order valence-electron chi connectivity index (χ2n) is 4.00. The zero-order valence-corrected chi connectivity index (χ0v) is 9.56. The molecule has 0 fully saturated rings. The zero-order chi connectivity index (χ0) is 12.7. The minimum absolute atomic E-state index is 0.00726. The standard InChI is InChI=1S/C11H18N2O4/c14-7-6-9(10(15)16)13-11(17)12-8-4-2-1-3-5-8/h1-2,8-9,14H,3-7H2,(H,15,16)(H2,12,13,17)/t8?,9-/m0/s1. The van der Waals surface area contributed by atoms with Crippen LogP contribution in [0.5, 0.6) is 0 Å². The quantitative estimate of drug-likeness (QED) is 0.519. The summed E-state index contributed by atoms with van der Waals surface area (Å²) in [5, 5.41) is 22.5. The molecule has 2 atom stereocenters. The molecular weight excluding hydrogens is 224 g/mol. The van der Waals surface area contributed by atoms with Gasteiger partial charge in [-0.15, -0.1) is 0 Å². The average Bonchev–Trinajstić information content (AvgIpc) is 2.29. The summed E-state index contributed by atoms with van der Waals surface area (Å²) in [4.78, 5) is 22.3. The van der Waals surface area contributed by atoms with E-state index in [4.69, 9.17) is 10.2 Å². The molecule has 0 heterocycles. The van der Waals surface area contributed by atoms with E-state index >= 15 is 0 Å². The van der Waals surface area contributed by atoms with Crippen molar-refractivity contribution in [3.63, 3.8) is 0 Å². The maximum atomic E-state index is 11.5. The first-order valence-corrected chi connectivity index (χ1v) is 5.69. The van der Waals surface area contributed by atoms with Crippen LogP contribution in [0.4, 0.5) is 4.79 Å². The van der Waals surface area contributed by atoms with Crippen molar-refractivity contribution in [1.82, 2.24) is 10.6 Å². The van der Waals surface area contributed by atoms with Crippen molar-refractivity contribution in [2.24, 2.45) is 0 Å². The number of aliphatic hydroxyl groups excluding tert-OH is 1. The van der Waals surface area contributed by atoms with Crippen molar-refractivity contribution in [3.8, 4) is 0 Å². The summed E-state index contributed by atoms with van der Waals surface area (Å²) < 4.78 is 0. The Morgan fingerprint density at radius 2 is 2.18 bits per heavy atom. The van der Waals surface area contributed by atoms with Crippen molar-refractivity contribution in [3.05, 3.63) is 12.2 Å². The second kappa shape index (κ2) is 6.90. The van der Waals surface area contributed by atoms with Gasteiger partial charge in [-0.3, -0.25) is 0 Å². The van der Waals surface area contributed by atoms with Crippen molar-refractivity contribution in [1.29, 1.82) is 0 Å². The molecular formula is C11H18N2O4. The van der Waals surface area contributed by atoms with E-state index in [0.29, 0.717) is 0 Å². The smallest absolute Gasteiger partial charge is 0.326 e. The zero-order valence-electron chi connectivity index (χ0n) is 9.56. The van der Waals surface area contributed by atoms with Gasteiger partial charge < -0.3 is 20.8 Å². The van der Waals surface area contributed by atoms with E-state index in [-0.39, 0.29) is 19.1 Å². The molecule has 96 valence electrons. The number of hydrogen-bond donors (Lipinski definition) is 4. The number of hydrogen-bond acceptors (Lipinski definition) is 3. The van der Waals surface area contributed by atoms with Crippen molar-refractivity contribution in [2.45, 2.75) is 37.8 Å². The normalized spacial score (nSPS) is 20.6. The molecule has 2 amide bonds. The van der Waals surface area contributed by atoms with Gasteiger partial charge in [-0.1, -0.05) is 12.2 Å². The molecule has 0 aromatic rings. The summed E-state index contributed by atoms with van der Waals surface area (Å²) in [6.07, 6.45) is 6.61. The lowest BCUT2D eigenvalue weighted by molar-refractivity contribution is -0.139. The SMILES string of the molecule is O=C(NC1CC=CCC1)N[C@@H](CCO)C(=O)O. The van der Waals surface area contributed by atoms with Gasteiger partial charge in [0.15, 0.2) is 0 Å². The molecule has 0 saturated carbocycles. The number of nitrogens with one attached hydrogen (secondary N) is 2. The summed E-state index contributed by atoms with van der Waals surface area (Å²) in [5.41, 5.74) is 0. The van der Waals surface area contributed by atoms with Crippen LogP contribution < -0.4 is 10.6 Å². The van der Waals surface area contributed by atoms with Crippen LogP contribution in [0.3, 0.4) is 0 Å². The number of rotatable bonds is 5. The van der Waals surface area contributed by atoms with Crippen LogP contribution in [0.1, 0.15) is 25.7 Å². The fourth-order valence-corrected chi connectivity index (χ4v) is 1.70. The van der Waals surface area contributed by atoms with Crippen LogP contribution >= 0.6 is 0 Å². The maximum absolute atomic E-state index is 11.5. The average molecular weight is 242 g/mol. The molecule has 4 N–H and O–H groups in total. The molecule has 0 spiro atoms. The van der Waals surface area contributed by atoms with Crippen LogP contribution in [-0.2, 0) is 4.79 Å². The van der Waals surface area contributed by atoms with Crippen molar-refractivity contribution >= 4 is 12.0 Å². The summed E-state index contributed by atoms with van der Waals surface area (Å²) in [6.45, 7) is -0.274. The van der Waals surface area contributed by atoms with Gasteiger partial charge in [0.05, 0.1) is 0 Å². The highest BCUT2D eigenvalue weighted by Gasteiger charge is 2.20. The number of carbonyl (C=O) groups is 2. The lowest BCUT2D eigenvalue weighted by Crippen LogP contribution is -2.49. The fourth-order valence-electron chi connectivity index (χ4n) is 1.70. The molecule has 0 bridgehead atoms. The molecule has 1 aliphatic carbocycles. The molecule has 0 aromatic carbocycles. The number of carboxylic acid groups (broad SMARTS) is 1. The van der Waals surface area contributed by atoms with Gasteiger partial charge in [0, 0.05) is 19.1 Å². The van der Waals surface area contributed by atoms with E-state index in [9.17, 15) is 9.59 Å². The van der Waals surface area contributed by atoms with Crippen LogP contribution in [0, 0.1) is 0 Å². The molecule has 1 unspecified atom stereocenters. The van der Waals surface area contributed by atoms with Gasteiger partial charge in [0.2, 0.25) is 0 Å². The first kappa shape index (κ1) is 13.5. The number of aliphatic hydroxyl groups is 1. The first-order chi connectivity index (χ1) is 8.13. The fraction of sp³-hybridized carbons (Fsp3) is 0.636. The Bertz CT molecular complexity index is 304. The molecule has 1 rings (SSSR count).